The van der Waals surface area contributed by atoms with Gasteiger partial charge in [-0.15, -0.1) is 0 Å². The van der Waals surface area contributed by atoms with Gasteiger partial charge in [0.2, 0.25) is 9.05 Å². The summed E-state index contributed by atoms with van der Waals surface area (Å²) in [6, 6.07) is 5.75. The Morgan fingerprint density at radius 1 is 1.43 bits per heavy atom. The molecule has 0 radical (unpaired) electrons. The molecule has 0 spiro atoms. The summed E-state index contributed by atoms with van der Waals surface area (Å²) in [6.07, 6.45) is 0.257. The maximum atomic E-state index is 13.2. The van der Waals surface area contributed by atoms with Crippen LogP contribution in [0.1, 0.15) is 24.2 Å². The van der Waals surface area contributed by atoms with E-state index in [1.54, 1.807) is 13.0 Å². The molecule has 0 saturated heterocycles. The molecule has 0 aromatic heterocycles. The number of rotatable bonds is 3. The van der Waals surface area contributed by atoms with Gasteiger partial charge in [0.05, 0.1) is 0 Å². The van der Waals surface area contributed by atoms with E-state index in [0.29, 0.717) is 0 Å². The molecule has 0 aliphatic carbocycles. The Morgan fingerprint density at radius 3 is 2.43 bits per heavy atom. The third-order valence-corrected chi connectivity index (χ3v) is 3.87. The average molecular weight is 237 g/mol. The largest absolute Gasteiger partial charge is 0.239 e. The fourth-order valence-electron chi connectivity index (χ4n) is 1.31. The Hall–Kier alpha value is -0.610. The lowest BCUT2D eigenvalue weighted by atomic mass is 10.1. The maximum absolute atomic E-state index is 13.2. The molecule has 0 bridgehead atoms. The van der Waals surface area contributed by atoms with E-state index in [-0.39, 0.29) is 12.0 Å². The van der Waals surface area contributed by atoms with Crippen LogP contribution in [0.5, 0.6) is 0 Å². The second-order valence-corrected chi connectivity index (χ2v) is 5.70. The number of hydrogen-bond donors (Lipinski definition) is 0. The molecule has 0 heterocycles. The molecule has 1 unspecified atom stereocenters. The highest BCUT2D eigenvalue weighted by Gasteiger charge is 2.25. The van der Waals surface area contributed by atoms with Crippen LogP contribution in [-0.4, -0.2) is 8.42 Å². The van der Waals surface area contributed by atoms with Crippen molar-refractivity contribution in [2.75, 3.05) is 0 Å². The van der Waals surface area contributed by atoms with Crippen LogP contribution in [0.2, 0.25) is 0 Å². The van der Waals surface area contributed by atoms with Crippen LogP contribution in [0.4, 0.5) is 4.39 Å². The highest BCUT2D eigenvalue weighted by molar-refractivity contribution is 8.13. The van der Waals surface area contributed by atoms with Gasteiger partial charge >= 0.3 is 0 Å². The SMILES string of the molecule is CCC(c1ccccc1F)S(=O)(=O)Cl. The molecule has 0 amide bonds. The molecule has 14 heavy (non-hydrogen) atoms. The third-order valence-electron chi connectivity index (χ3n) is 1.96. The first kappa shape index (κ1) is 11.5. The van der Waals surface area contributed by atoms with Crippen LogP contribution < -0.4 is 0 Å². The molecule has 0 aliphatic heterocycles. The molecule has 1 aromatic rings. The van der Waals surface area contributed by atoms with Crippen LogP contribution >= 0.6 is 10.7 Å². The van der Waals surface area contributed by atoms with Crippen molar-refractivity contribution in [2.24, 2.45) is 0 Å². The standard InChI is InChI=1S/C9H10ClFO2S/c1-2-9(14(10,12)13)7-5-3-4-6-8(7)11/h3-6,9H,2H2,1H3. The number of benzene rings is 1. The van der Waals surface area contributed by atoms with Gasteiger partial charge in [0, 0.05) is 16.2 Å². The fourth-order valence-corrected chi connectivity index (χ4v) is 2.87. The minimum atomic E-state index is -3.76. The van der Waals surface area contributed by atoms with Gasteiger partial charge in [-0.2, -0.15) is 0 Å². The Balaban J connectivity index is 3.21. The normalized spacial score (nSPS) is 13.9. The summed E-state index contributed by atoms with van der Waals surface area (Å²) in [5.41, 5.74) is 0.130. The first-order valence-corrected chi connectivity index (χ1v) is 6.52. The molecular weight excluding hydrogens is 227 g/mol. The van der Waals surface area contributed by atoms with Crippen molar-refractivity contribution in [3.63, 3.8) is 0 Å². The van der Waals surface area contributed by atoms with Gasteiger partial charge in [-0.3, -0.25) is 0 Å². The van der Waals surface area contributed by atoms with Gasteiger partial charge < -0.3 is 0 Å². The molecular formula is C9H10ClFO2S. The Labute approximate surface area is 87.1 Å². The zero-order valence-corrected chi connectivity index (χ0v) is 9.15. The zero-order valence-electron chi connectivity index (χ0n) is 7.57. The smallest absolute Gasteiger partial charge is 0.212 e. The fraction of sp³-hybridized carbons (Fsp3) is 0.333. The van der Waals surface area contributed by atoms with Crippen LogP contribution in [-0.2, 0) is 9.05 Å². The van der Waals surface area contributed by atoms with E-state index in [0.717, 1.165) is 0 Å². The molecule has 5 heteroatoms. The summed E-state index contributed by atoms with van der Waals surface area (Å²) in [6.45, 7) is 1.65. The molecule has 0 fully saturated rings. The van der Waals surface area contributed by atoms with Crippen molar-refractivity contribution in [2.45, 2.75) is 18.6 Å². The monoisotopic (exact) mass is 236 g/mol. The Kier molecular flexibility index (Phi) is 3.50. The summed E-state index contributed by atoms with van der Waals surface area (Å²) in [4.78, 5) is 0. The van der Waals surface area contributed by atoms with Gasteiger partial charge in [-0.1, -0.05) is 25.1 Å². The quantitative estimate of drug-likeness (QED) is 0.757. The van der Waals surface area contributed by atoms with Crippen molar-refractivity contribution >= 4 is 19.7 Å². The number of hydrogen-bond acceptors (Lipinski definition) is 2. The van der Waals surface area contributed by atoms with E-state index >= 15 is 0 Å². The summed E-state index contributed by atoms with van der Waals surface area (Å²) < 4.78 is 35.5. The van der Waals surface area contributed by atoms with Crippen LogP contribution in [0.15, 0.2) is 24.3 Å². The molecule has 1 aromatic carbocycles. The van der Waals surface area contributed by atoms with E-state index in [9.17, 15) is 12.8 Å². The number of halogens is 2. The lowest BCUT2D eigenvalue weighted by Crippen LogP contribution is -2.08. The lowest BCUT2D eigenvalue weighted by Gasteiger charge is -2.11. The van der Waals surface area contributed by atoms with E-state index in [2.05, 4.69) is 0 Å². The molecule has 0 N–H and O–H groups in total. The van der Waals surface area contributed by atoms with E-state index in [1.807, 2.05) is 0 Å². The minimum absolute atomic E-state index is 0.130. The van der Waals surface area contributed by atoms with Gasteiger partial charge in [-0.25, -0.2) is 12.8 Å². The van der Waals surface area contributed by atoms with Gasteiger partial charge in [0.15, 0.2) is 0 Å². The topological polar surface area (TPSA) is 34.1 Å². The Morgan fingerprint density at radius 2 is 2.00 bits per heavy atom. The van der Waals surface area contributed by atoms with E-state index < -0.39 is 20.1 Å². The molecule has 0 saturated carbocycles. The van der Waals surface area contributed by atoms with E-state index in [4.69, 9.17) is 10.7 Å². The second-order valence-electron chi connectivity index (χ2n) is 2.89. The molecule has 1 rings (SSSR count). The van der Waals surface area contributed by atoms with Crippen LogP contribution in [0.3, 0.4) is 0 Å². The summed E-state index contributed by atoms with van der Waals surface area (Å²) in [7, 11) is 1.45. The first-order chi connectivity index (χ1) is 6.46. The van der Waals surface area contributed by atoms with Crippen molar-refractivity contribution in [1.29, 1.82) is 0 Å². The highest BCUT2D eigenvalue weighted by Crippen LogP contribution is 2.30. The van der Waals surface area contributed by atoms with Crippen molar-refractivity contribution in [3.05, 3.63) is 35.6 Å². The minimum Gasteiger partial charge on any atom is -0.212 e. The van der Waals surface area contributed by atoms with Crippen molar-refractivity contribution in [3.8, 4) is 0 Å². The first-order valence-electron chi connectivity index (χ1n) is 4.14. The summed E-state index contributed by atoms with van der Waals surface area (Å²) in [5, 5.41) is -0.967. The van der Waals surface area contributed by atoms with Gasteiger partial charge in [0.1, 0.15) is 11.1 Å². The summed E-state index contributed by atoms with van der Waals surface area (Å²) >= 11 is 0. The third kappa shape index (κ3) is 2.45. The van der Waals surface area contributed by atoms with Crippen molar-refractivity contribution in [1.82, 2.24) is 0 Å². The predicted octanol–water partition coefficient (Wildman–Crippen LogP) is 2.85. The van der Waals surface area contributed by atoms with Gasteiger partial charge in [-0.05, 0) is 12.5 Å². The van der Waals surface area contributed by atoms with Crippen LogP contribution in [0, 0.1) is 5.82 Å². The molecule has 78 valence electrons. The van der Waals surface area contributed by atoms with Gasteiger partial charge in [0.25, 0.3) is 0 Å². The second kappa shape index (κ2) is 4.28. The summed E-state index contributed by atoms with van der Waals surface area (Å²) in [5.74, 6) is -0.538. The average Bonchev–Trinajstić information content (AvgIpc) is 2.07. The predicted molar refractivity (Wildman–Crippen MR) is 54.2 cm³/mol. The lowest BCUT2D eigenvalue weighted by molar-refractivity contribution is 0.575. The zero-order chi connectivity index (χ0) is 10.8. The van der Waals surface area contributed by atoms with E-state index in [1.165, 1.54) is 18.2 Å². The molecule has 1 atom stereocenters. The molecule has 2 nitrogen and oxygen atoms in total. The van der Waals surface area contributed by atoms with Crippen molar-refractivity contribution < 1.29 is 12.8 Å². The Bertz CT molecular complexity index is 417. The van der Waals surface area contributed by atoms with Crippen LogP contribution in [0.25, 0.3) is 0 Å². The highest BCUT2D eigenvalue weighted by atomic mass is 35.7. The maximum Gasteiger partial charge on any atom is 0.239 e. The molecule has 0 aliphatic rings.